The number of rotatable bonds is 4. The van der Waals surface area contributed by atoms with Crippen molar-refractivity contribution in [2.45, 2.75) is 6.54 Å². The second-order valence-electron chi connectivity index (χ2n) is 4.49. The van der Waals surface area contributed by atoms with E-state index in [0.29, 0.717) is 11.0 Å². The zero-order chi connectivity index (χ0) is 14.7. The van der Waals surface area contributed by atoms with E-state index in [1.807, 2.05) is 24.3 Å². The predicted molar refractivity (Wildman–Crippen MR) is 82.8 cm³/mol. The zero-order valence-corrected chi connectivity index (χ0v) is 12.6. The molecule has 0 aliphatic rings. The van der Waals surface area contributed by atoms with Crippen LogP contribution in [0.1, 0.15) is 5.56 Å². The van der Waals surface area contributed by atoms with Crippen LogP contribution in [0.5, 0.6) is 0 Å². The Morgan fingerprint density at radius 3 is 2.62 bits per heavy atom. The van der Waals surface area contributed by atoms with Gasteiger partial charge in [-0.2, -0.15) is 5.10 Å². The summed E-state index contributed by atoms with van der Waals surface area (Å²) in [5.74, 6) is -0.254. The van der Waals surface area contributed by atoms with Crippen molar-refractivity contribution in [1.29, 1.82) is 0 Å². The molecule has 1 heterocycles. The van der Waals surface area contributed by atoms with Gasteiger partial charge in [-0.05, 0) is 57.9 Å². The molecule has 6 heteroatoms. The molecule has 0 spiro atoms. The summed E-state index contributed by atoms with van der Waals surface area (Å²) in [5, 5.41) is 7.36. The molecule has 1 aromatic heterocycles. The van der Waals surface area contributed by atoms with Crippen molar-refractivity contribution in [3.05, 3.63) is 71.0 Å². The third-order valence-corrected chi connectivity index (χ3v) is 3.64. The molecule has 0 unspecified atom stereocenters. The molecule has 0 radical (unpaired) electrons. The summed E-state index contributed by atoms with van der Waals surface area (Å²) in [7, 11) is 0. The first-order valence-electron chi connectivity index (χ1n) is 6.35. The second-order valence-corrected chi connectivity index (χ2v) is 5.34. The molecule has 21 heavy (non-hydrogen) atoms. The van der Waals surface area contributed by atoms with Crippen LogP contribution in [-0.2, 0) is 6.54 Å². The summed E-state index contributed by atoms with van der Waals surface area (Å²) in [6.45, 7) is 0.627. The Labute approximate surface area is 129 Å². The minimum Gasteiger partial charge on any atom is -0.381 e. The highest BCUT2D eigenvalue weighted by Gasteiger charge is 2.01. The largest absolute Gasteiger partial charge is 0.381 e. The fraction of sp³-hybridized carbons (Fsp3) is 0.0667. The second kappa shape index (κ2) is 6.05. The van der Waals surface area contributed by atoms with Gasteiger partial charge in [0.1, 0.15) is 18.5 Å². The first-order chi connectivity index (χ1) is 10.2. The normalized spacial score (nSPS) is 10.6. The molecule has 0 atom stereocenters. The van der Waals surface area contributed by atoms with Crippen molar-refractivity contribution in [3.8, 4) is 5.69 Å². The van der Waals surface area contributed by atoms with Gasteiger partial charge in [-0.15, -0.1) is 0 Å². The van der Waals surface area contributed by atoms with E-state index in [-0.39, 0.29) is 5.82 Å². The van der Waals surface area contributed by atoms with Crippen molar-refractivity contribution >= 4 is 21.6 Å². The van der Waals surface area contributed by atoms with E-state index in [0.717, 1.165) is 16.9 Å². The molecule has 0 saturated heterocycles. The monoisotopic (exact) mass is 346 g/mol. The van der Waals surface area contributed by atoms with Crippen LogP contribution in [0.4, 0.5) is 10.1 Å². The van der Waals surface area contributed by atoms with Gasteiger partial charge in [0.05, 0.1) is 10.2 Å². The molecular formula is C15H12BrFN4. The number of nitrogens with one attached hydrogen (secondary N) is 1. The van der Waals surface area contributed by atoms with Gasteiger partial charge < -0.3 is 5.32 Å². The van der Waals surface area contributed by atoms with Gasteiger partial charge in [0.2, 0.25) is 0 Å². The number of benzene rings is 2. The quantitative estimate of drug-likeness (QED) is 0.781. The van der Waals surface area contributed by atoms with Crippen molar-refractivity contribution in [2.24, 2.45) is 0 Å². The van der Waals surface area contributed by atoms with E-state index in [1.165, 1.54) is 12.4 Å². The smallest absolute Gasteiger partial charge is 0.138 e. The average Bonchev–Trinajstić information content (AvgIpc) is 3.03. The molecule has 0 bridgehead atoms. The summed E-state index contributed by atoms with van der Waals surface area (Å²) in [4.78, 5) is 3.91. The van der Waals surface area contributed by atoms with Crippen molar-refractivity contribution in [1.82, 2.24) is 14.8 Å². The maximum atomic E-state index is 13.2. The Bertz CT molecular complexity index is 726. The van der Waals surface area contributed by atoms with Gasteiger partial charge in [-0.25, -0.2) is 14.1 Å². The molecule has 106 valence electrons. The number of halogens is 2. The first kappa shape index (κ1) is 13.8. The fourth-order valence-corrected chi connectivity index (χ4v) is 2.35. The average molecular weight is 347 g/mol. The summed E-state index contributed by atoms with van der Waals surface area (Å²) in [5.41, 5.74) is 2.94. The highest BCUT2D eigenvalue weighted by atomic mass is 79.9. The third kappa shape index (κ3) is 3.28. The number of hydrogen-bond acceptors (Lipinski definition) is 3. The number of hydrogen-bond donors (Lipinski definition) is 1. The van der Waals surface area contributed by atoms with Gasteiger partial charge in [0.25, 0.3) is 0 Å². The standard InChI is InChI=1S/C15H12BrFN4/c16-14-7-11(1-6-15(14)17)8-19-12-2-4-13(5-3-12)21-10-18-9-20-21/h1-7,9-10,19H,8H2. The van der Waals surface area contributed by atoms with Crippen LogP contribution in [0, 0.1) is 5.82 Å². The van der Waals surface area contributed by atoms with Crippen molar-refractivity contribution in [2.75, 3.05) is 5.32 Å². The van der Waals surface area contributed by atoms with Crippen LogP contribution in [0.15, 0.2) is 59.6 Å². The topological polar surface area (TPSA) is 42.7 Å². The lowest BCUT2D eigenvalue weighted by atomic mass is 10.2. The Morgan fingerprint density at radius 2 is 1.95 bits per heavy atom. The lowest BCUT2D eigenvalue weighted by Crippen LogP contribution is -2.00. The van der Waals surface area contributed by atoms with E-state index >= 15 is 0 Å². The number of anilines is 1. The van der Waals surface area contributed by atoms with E-state index < -0.39 is 0 Å². The predicted octanol–water partition coefficient (Wildman–Crippen LogP) is 3.78. The Kier molecular flexibility index (Phi) is 3.96. The molecule has 0 saturated carbocycles. The highest BCUT2D eigenvalue weighted by molar-refractivity contribution is 9.10. The maximum Gasteiger partial charge on any atom is 0.138 e. The van der Waals surface area contributed by atoms with Crippen molar-refractivity contribution < 1.29 is 4.39 Å². The van der Waals surface area contributed by atoms with Gasteiger partial charge in [-0.1, -0.05) is 6.07 Å². The molecule has 4 nitrogen and oxygen atoms in total. The first-order valence-corrected chi connectivity index (χ1v) is 7.14. The third-order valence-electron chi connectivity index (χ3n) is 3.03. The number of nitrogens with zero attached hydrogens (tertiary/aromatic N) is 3. The number of aromatic nitrogens is 3. The molecule has 1 N–H and O–H groups in total. The van der Waals surface area contributed by atoms with E-state index in [1.54, 1.807) is 23.1 Å². The highest BCUT2D eigenvalue weighted by Crippen LogP contribution is 2.18. The SMILES string of the molecule is Fc1ccc(CNc2ccc(-n3cncn3)cc2)cc1Br. The molecule has 0 aliphatic carbocycles. The van der Waals surface area contributed by atoms with Crippen molar-refractivity contribution in [3.63, 3.8) is 0 Å². The van der Waals surface area contributed by atoms with Crippen LogP contribution in [0.3, 0.4) is 0 Å². The summed E-state index contributed by atoms with van der Waals surface area (Å²) in [6, 6.07) is 12.8. The molecule has 0 amide bonds. The van der Waals surface area contributed by atoms with Crippen LogP contribution in [0.25, 0.3) is 5.69 Å². The molecule has 3 rings (SSSR count). The zero-order valence-electron chi connectivity index (χ0n) is 11.0. The maximum absolute atomic E-state index is 13.2. The summed E-state index contributed by atoms with van der Waals surface area (Å²) >= 11 is 3.19. The van der Waals surface area contributed by atoms with Gasteiger partial charge in [0.15, 0.2) is 0 Å². The lowest BCUT2D eigenvalue weighted by molar-refractivity contribution is 0.620. The van der Waals surface area contributed by atoms with Gasteiger partial charge in [-0.3, -0.25) is 0 Å². The van der Waals surface area contributed by atoms with Crippen LogP contribution in [0.2, 0.25) is 0 Å². The molecule has 3 aromatic rings. The molecule has 0 aliphatic heterocycles. The van der Waals surface area contributed by atoms with Gasteiger partial charge in [0, 0.05) is 12.2 Å². The Balaban J connectivity index is 1.66. The van der Waals surface area contributed by atoms with Crippen LogP contribution in [-0.4, -0.2) is 14.8 Å². The Hall–Kier alpha value is -2.21. The minimum absolute atomic E-state index is 0.254. The fourth-order valence-electron chi connectivity index (χ4n) is 1.93. The minimum atomic E-state index is -0.254. The van der Waals surface area contributed by atoms with E-state index in [9.17, 15) is 4.39 Å². The van der Waals surface area contributed by atoms with E-state index in [4.69, 9.17) is 0 Å². The molecule has 0 fully saturated rings. The molecular weight excluding hydrogens is 335 g/mol. The van der Waals surface area contributed by atoms with E-state index in [2.05, 4.69) is 31.3 Å². The summed E-state index contributed by atoms with van der Waals surface area (Å²) in [6.07, 6.45) is 3.15. The lowest BCUT2D eigenvalue weighted by Gasteiger charge is -2.08. The summed E-state index contributed by atoms with van der Waals surface area (Å²) < 4.78 is 15.3. The molecule has 2 aromatic carbocycles. The van der Waals surface area contributed by atoms with Crippen LogP contribution >= 0.6 is 15.9 Å². The van der Waals surface area contributed by atoms with Crippen LogP contribution < -0.4 is 5.32 Å². The Morgan fingerprint density at radius 1 is 1.14 bits per heavy atom. The van der Waals surface area contributed by atoms with Gasteiger partial charge >= 0.3 is 0 Å².